The second-order valence-electron chi connectivity index (χ2n) is 3.22. The molecule has 0 bridgehead atoms. The lowest BCUT2D eigenvalue weighted by Crippen LogP contribution is -2.37. The highest BCUT2D eigenvalue weighted by atomic mass is 79.9. The summed E-state index contributed by atoms with van der Waals surface area (Å²) in [5.41, 5.74) is 0. The SMILES string of the molecule is CC(CCBr)CNS(=O)(=O)N(C)C. The molecule has 0 fully saturated rings. The summed E-state index contributed by atoms with van der Waals surface area (Å²) in [4.78, 5) is 0. The van der Waals surface area contributed by atoms with Crippen LogP contribution in [0.25, 0.3) is 0 Å². The smallest absolute Gasteiger partial charge is 0.202 e. The van der Waals surface area contributed by atoms with Crippen LogP contribution in [0.3, 0.4) is 0 Å². The second kappa shape index (κ2) is 5.95. The van der Waals surface area contributed by atoms with Gasteiger partial charge in [-0.15, -0.1) is 0 Å². The number of halogens is 1. The zero-order valence-corrected chi connectivity index (χ0v) is 10.7. The molecule has 0 rings (SSSR count). The predicted octanol–water partition coefficient (Wildman–Crippen LogP) is 0.803. The molecule has 0 aromatic heterocycles. The topological polar surface area (TPSA) is 49.4 Å². The number of hydrogen-bond donors (Lipinski definition) is 1. The highest BCUT2D eigenvalue weighted by Crippen LogP contribution is 2.03. The third kappa shape index (κ3) is 5.61. The molecule has 0 aromatic rings. The van der Waals surface area contributed by atoms with Gasteiger partial charge in [0.2, 0.25) is 0 Å². The third-order valence-electron chi connectivity index (χ3n) is 1.70. The average molecular weight is 273 g/mol. The monoisotopic (exact) mass is 272 g/mol. The Kier molecular flexibility index (Phi) is 6.11. The fraction of sp³-hybridized carbons (Fsp3) is 1.00. The molecule has 0 aliphatic heterocycles. The zero-order chi connectivity index (χ0) is 10.5. The summed E-state index contributed by atoms with van der Waals surface area (Å²) < 4.78 is 26.2. The van der Waals surface area contributed by atoms with Crippen LogP contribution >= 0.6 is 15.9 Å². The molecule has 0 amide bonds. The molecule has 0 aliphatic carbocycles. The van der Waals surface area contributed by atoms with E-state index in [0.717, 1.165) is 11.8 Å². The highest BCUT2D eigenvalue weighted by Gasteiger charge is 2.13. The molecule has 0 saturated carbocycles. The first-order valence-electron chi connectivity index (χ1n) is 4.13. The number of rotatable bonds is 6. The van der Waals surface area contributed by atoms with Gasteiger partial charge in [0, 0.05) is 26.0 Å². The maximum Gasteiger partial charge on any atom is 0.278 e. The van der Waals surface area contributed by atoms with Gasteiger partial charge in [-0.3, -0.25) is 0 Å². The maximum absolute atomic E-state index is 11.2. The van der Waals surface area contributed by atoms with Crippen molar-refractivity contribution < 1.29 is 8.42 Å². The van der Waals surface area contributed by atoms with Crippen molar-refractivity contribution in [2.75, 3.05) is 26.0 Å². The summed E-state index contributed by atoms with van der Waals surface area (Å²) in [6.45, 7) is 2.51. The molecule has 0 heterocycles. The minimum absolute atomic E-state index is 0.356. The number of nitrogens with zero attached hydrogens (tertiary/aromatic N) is 1. The average Bonchev–Trinajstić information content (AvgIpc) is 2.01. The van der Waals surface area contributed by atoms with Crippen LogP contribution < -0.4 is 4.72 Å². The molecule has 0 radical (unpaired) electrons. The molecule has 0 saturated heterocycles. The second-order valence-corrected chi connectivity index (χ2v) is 5.98. The van der Waals surface area contributed by atoms with Gasteiger partial charge < -0.3 is 0 Å². The Morgan fingerprint density at radius 3 is 2.38 bits per heavy atom. The van der Waals surface area contributed by atoms with Crippen molar-refractivity contribution in [2.24, 2.45) is 5.92 Å². The Bertz CT molecular complexity index is 229. The van der Waals surface area contributed by atoms with E-state index < -0.39 is 10.2 Å². The van der Waals surface area contributed by atoms with Gasteiger partial charge in [-0.2, -0.15) is 12.7 Å². The highest BCUT2D eigenvalue weighted by molar-refractivity contribution is 9.09. The van der Waals surface area contributed by atoms with E-state index in [1.807, 2.05) is 6.92 Å². The van der Waals surface area contributed by atoms with Crippen molar-refractivity contribution in [1.82, 2.24) is 9.03 Å². The first-order chi connectivity index (χ1) is 5.90. The Labute approximate surface area is 89.0 Å². The first-order valence-corrected chi connectivity index (χ1v) is 6.69. The van der Waals surface area contributed by atoms with E-state index in [2.05, 4.69) is 20.7 Å². The van der Waals surface area contributed by atoms with Crippen molar-refractivity contribution in [3.05, 3.63) is 0 Å². The molecule has 0 aliphatic rings. The van der Waals surface area contributed by atoms with E-state index >= 15 is 0 Å². The van der Waals surface area contributed by atoms with Crippen molar-refractivity contribution >= 4 is 26.1 Å². The van der Waals surface area contributed by atoms with Gasteiger partial charge >= 0.3 is 0 Å². The maximum atomic E-state index is 11.2. The summed E-state index contributed by atoms with van der Waals surface area (Å²) in [5, 5.41) is 0.901. The van der Waals surface area contributed by atoms with E-state index in [-0.39, 0.29) is 0 Å². The van der Waals surface area contributed by atoms with Crippen LogP contribution in [0.15, 0.2) is 0 Å². The van der Waals surface area contributed by atoms with Gasteiger partial charge in [0.1, 0.15) is 0 Å². The Balaban J connectivity index is 3.89. The molecule has 4 nitrogen and oxygen atoms in total. The third-order valence-corrected chi connectivity index (χ3v) is 3.65. The van der Waals surface area contributed by atoms with Gasteiger partial charge in [0.15, 0.2) is 0 Å². The number of nitrogens with one attached hydrogen (secondary N) is 1. The molecule has 80 valence electrons. The summed E-state index contributed by atoms with van der Waals surface area (Å²) in [5.74, 6) is 0.356. The minimum atomic E-state index is -3.24. The molecule has 1 N–H and O–H groups in total. The van der Waals surface area contributed by atoms with Crippen molar-refractivity contribution in [3.8, 4) is 0 Å². The van der Waals surface area contributed by atoms with E-state index in [0.29, 0.717) is 12.5 Å². The van der Waals surface area contributed by atoms with Crippen LogP contribution in [0.4, 0.5) is 0 Å². The van der Waals surface area contributed by atoms with Gasteiger partial charge in [-0.25, -0.2) is 4.72 Å². The lowest BCUT2D eigenvalue weighted by molar-refractivity contribution is 0.484. The summed E-state index contributed by atoms with van der Waals surface area (Å²) in [6.07, 6.45) is 0.968. The molecule has 1 atom stereocenters. The molecule has 13 heavy (non-hydrogen) atoms. The van der Waals surface area contributed by atoms with Crippen LogP contribution in [0.1, 0.15) is 13.3 Å². The molecule has 6 heteroatoms. The van der Waals surface area contributed by atoms with E-state index in [9.17, 15) is 8.42 Å². The lowest BCUT2D eigenvalue weighted by atomic mass is 10.1. The minimum Gasteiger partial charge on any atom is -0.202 e. The van der Waals surface area contributed by atoms with Gasteiger partial charge in [-0.1, -0.05) is 22.9 Å². The summed E-state index contributed by atoms with van der Waals surface area (Å²) >= 11 is 3.31. The van der Waals surface area contributed by atoms with E-state index in [4.69, 9.17) is 0 Å². The van der Waals surface area contributed by atoms with Crippen molar-refractivity contribution in [3.63, 3.8) is 0 Å². The van der Waals surface area contributed by atoms with Gasteiger partial charge in [-0.05, 0) is 12.3 Å². The van der Waals surface area contributed by atoms with Crippen molar-refractivity contribution in [1.29, 1.82) is 0 Å². The summed E-state index contributed by atoms with van der Waals surface area (Å²) in [7, 11) is -0.221. The summed E-state index contributed by atoms with van der Waals surface area (Å²) in [6, 6.07) is 0. The van der Waals surface area contributed by atoms with E-state index in [1.54, 1.807) is 0 Å². The molecule has 1 unspecified atom stereocenters. The van der Waals surface area contributed by atoms with Crippen LogP contribution in [-0.4, -0.2) is 38.7 Å². The molecular formula is C7H17BrN2O2S. The van der Waals surface area contributed by atoms with Crippen molar-refractivity contribution in [2.45, 2.75) is 13.3 Å². The standard InChI is InChI=1S/C7H17BrN2O2S/c1-7(4-5-8)6-9-13(11,12)10(2)3/h7,9H,4-6H2,1-3H3. The normalized spacial score (nSPS) is 14.8. The quantitative estimate of drug-likeness (QED) is 0.728. The lowest BCUT2D eigenvalue weighted by Gasteiger charge is -2.15. The van der Waals surface area contributed by atoms with Crippen LogP contribution in [0, 0.1) is 5.92 Å². The van der Waals surface area contributed by atoms with Gasteiger partial charge in [0.25, 0.3) is 10.2 Å². The Morgan fingerprint density at radius 2 is 2.00 bits per heavy atom. The molecule has 0 aromatic carbocycles. The fourth-order valence-corrected chi connectivity index (χ4v) is 2.20. The Morgan fingerprint density at radius 1 is 1.46 bits per heavy atom. The fourth-order valence-electron chi connectivity index (χ4n) is 0.665. The predicted molar refractivity (Wildman–Crippen MR) is 58.2 cm³/mol. The van der Waals surface area contributed by atoms with Crippen LogP contribution in [0.5, 0.6) is 0 Å². The first kappa shape index (κ1) is 13.4. The number of hydrogen-bond acceptors (Lipinski definition) is 2. The van der Waals surface area contributed by atoms with Gasteiger partial charge in [0.05, 0.1) is 0 Å². The zero-order valence-electron chi connectivity index (χ0n) is 8.25. The largest absolute Gasteiger partial charge is 0.278 e. The van der Waals surface area contributed by atoms with E-state index in [1.165, 1.54) is 18.4 Å². The Hall–Kier alpha value is 0.350. The molecular weight excluding hydrogens is 256 g/mol. The number of alkyl halides is 1. The van der Waals surface area contributed by atoms with Crippen LogP contribution in [-0.2, 0) is 10.2 Å². The molecule has 0 spiro atoms. The van der Waals surface area contributed by atoms with Crippen LogP contribution in [0.2, 0.25) is 0 Å².